The third-order valence-corrected chi connectivity index (χ3v) is 3.22. The van der Waals surface area contributed by atoms with E-state index in [1.165, 1.54) is 0 Å². The third-order valence-electron chi connectivity index (χ3n) is 2.66. The first kappa shape index (κ1) is 15.8. The minimum Gasteiger partial charge on any atom is -0.385 e. The molecule has 0 aliphatic heterocycles. The maximum atomic E-state index is 6.11. The number of halogens is 2. The molecule has 0 atom stereocenters. The number of aromatic nitrogens is 2. The summed E-state index contributed by atoms with van der Waals surface area (Å²) >= 11 is 12.1. The van der Waals surface area contributed by atoms with Gasteiger partial charge in [0.2, 0.25) is 5.95 Å². The van der Waals surface area contributed by atoms with Gasteiger partial charge in [0, 0.05) is 31.5 Å². The van der Waals surface area contributed by atoms with Crippen LogP contribution in [0.2, 0.25) is 10.0 Å². The second-order valence-electron chi connectivity index (χ2n) is 4.29. The van der Waals surface area contributed by atoms with Gasteiger partial charge in [0.25, 0.3) is 0 Å². The molecule has 0 spiro atoms. The normalized spacial score (nSPS) is 10.4. The summed E-state index contributed by atoms with van der Waals surface area (Å²) in [4.78, 5) is 8.52. The van der Waals surface area contributed by atoms with Gasteiger partial charge in [-0.05, 0) is 30.7 Å². The van der Waals surface area contributed by atoms with Crippen molar-refractivity contribution in [3.63, 3.8) is 0 Å². The number of methoxy groups -OCH3 is 1. The number of hydrogen-bond donors (Lipinski definition) is 2. The quantitative estimate of drug-likeness (QED) is 0.754. The largest absolute Gasteiger partial charge is 0.385 e. The van der Waals surface area contributed by atoms with Gasteiger partial charge in [0.15, 0.2) is 0 Å². The zero-order valence-electron chi connectivity index (χ0n) is 11.6. The Balaban J connectivity index is 2.02. The first-order valence-electron chi connectivity index (χ1n) is 6.47. The fourth-order valence-electron chi connectivity index (χ4n) is 1.66. The van der Waals surface area contributed by atoms with E-state index in [0.29, 0.717) is 34.1 Å². The number of anilines is 3. The molecule has 5 nitrogen and oxygen atoms in total. The van der Waals surface area contributed by atoms with E-state index in [0.717, 1.165) is 13.0 Å². The predicted octanol–water partition coefficient (Wildman–Crippen LogP) is 3.98. The van der Waals surface area contributed by atoms with Crippen LogP contribution in [0.4, 0.5) is 17.5 Å². The molecule has 0 amide bonds. The van der Waals surface area contributed by atoms with E-state index in [-0.39, 0.29) is 0 Å². The summed E-state index contributed by atoms with van der Waals surface area (Å²) in [6.07, 6.45) is 2.56. The topological polar surface area (TPSA) is 59.1 Å². The number of nitrogens with one attached hydrogen (secondary N) is 2. The van der Waals surface area contributed by atoms with Gasteiger partial charge in [0.05, 0.1) is 10.7 Å². The summed E-state index contributed by atoms with van der Waals surface area (Å²) in [7, 11) is 1.68. The molecule has 21 heavy (non-hydrogen) atoms. The fourth-order valence-corrected chi connectivity index (χ4v) is 2.00. The van der Waals surface area contributed by atoms with Gasteiger partial charge < -0.3 is 15.4 Å². The molecular weight excluding hydrogens is 311 g/mol. The van der Waals surface area contributed by atoms with Crippen molar-refractivity contribution in [1.82, 2.24) is 9.97 Å². The molecule has 2 aromatic rings. The molecule has 2 rings (SSSR count). The highest BCUT2D eigenvalue weighted by atomic mass is 35.5. The first-order valence-corrected chi connectivity index (χ1v) is 7.22. The Morgan fingerprint density at radius 3 is 2.90 bits per heavy atom. The van der Waals surface area contributed by atoms with E-state index >= 15 is 0 Å². The van der Waals surface area contributed by atoms with E-state index < -0.39 is 0 Å². The zero-order valence-corrected chi connectivity index (χ0v) is 13.1. The molecule has 1 heterocycles. The average molecular weight is 327 g/mol. The molecule has 0 radical (unpaired) electrons. The van der Waals surface area contributed by atoms with Crippen molar-refractivity contribution in [2.24, 2.45) is 0 Å². The molecule has 0 fully saturated rings. The minimum atomic E-state index is 0.550. The molecule has 7 heteroatoms. The van der Waals surface area contributed by atoms with E-state index in [9.17, 15) is 0 Å². The summed E-state index contributed by atoms with van der Waals surface area (Å²) in [5, 5.41) is 7.44. The standard InChI is InChI=1S/C14H16Cl2N4O/c1-21-8-2-6-17-14-18-7-5-13(20-14)19-12-9-10(15)3-4-11(12)16/h3-5,7,9H,2,6,8H2,1H3,(H2,17,18,19,20). The van der Waals surface area contributed by atoms with E-state index in [2.05, 4.69) is 20.6 Å². The van der Waals surface area contributed by atoms with Gasteiger partial charge in [-0.3, -0.25) is 0 Å². The van der Waals surface area contributed by atoms with Crippen molar-refractivity contribution in [2.45, 2.75) is 6.42 Å². The molecule has 0 aliphatic rings. The van der Waals surface area contributed by atoms with Crippen molar-refractivity contribution in [3.8, 4) is 0 Å². The molecule has 0 bridgehead atoms. The number of rotatable bonds is 7. The van der Waals surface area contributed by atoms with Crippen molar-refractivity contribution in [2.75, 3.05) is 30.9 Å². The Morgan fingerprint density at radius 1 is 1.24 bits per heavy atom. The Labute approximate surface area is 133 Å². The van der Waals surface area contributed by atoms with Crippen molar-refractivity contribution in [3.05, 3.63) is 40.5 Å². The Kier molecular flexibility index (Phi) is 6.04. The van der Waals surface area contributed by atoms with Crippen LogP contribution in [0, 0.1) is 0 Å². The molecule has 112 valence electrons. The summed E-state index contributed by atoms with van der Waals surface area (Å²) in [5.74, 6) is 1.19. The van der Waals surface area contributed by atoms with Gasteiger partial charge in [-0.2, -0.15) is 4.98 Å². The lowest BCUT2D eigenvalue weighted by Gasteiger charge is -2.09. The lowest BCUT2D eigenvalue weighted by atomic mass is 10.3. The van der Waals surface area contributed by atoms with Crippen LogP contribution in [0.15, 0.2) is 30.5 Å². The van der Waals surface area contributed by atoms with Crippen LogP contribution >= 0.6 is 23.2 Å². The summed E-state index contributed by atoms with van der Waals surface area (Å²) in [5.41, 5.74) is 0.702. The second-order valence-corrected chi connectivity index (χ2v) is 5.13. The maximum Gasteiger partial charge on any atom is 0.224 e. The van der Waals surface area contributed by atoms with E-state index in [1.54, 1.807) is 37.6 Å². The van der Waals surface area contributed by atoms with Crippen LogP contribution in [-0.2, 0) is 4.74 Å². The average Bonchev–Trinajstić information content (AvgIpc) is 2.48. The molecule has 0 saturated heterocycles. The second kappa shape index (κ2) is 8.02. The first-order chi connectivity index (χ1) is 10.2. The summed E-state index contributed by atoms with van der Waals surface area (Å²) < 4.78 is 4.99. The highest BCUT2D eigenvalue weighted by Crippen LogP contribution is 2.27. The molecule has 1 aromatic carbocycles. The fraction of sp³-hybridized carbons (Fsp3) is 0.286. The Morgan fingerprint density at radius 2 is 2.10 bits per heavy atom. The smallest absolute Gasteiger partial charge is 0.224 e. The van der Waals surface area contributed by atoms with Gasteiger partial charge in [-0.1, -0.05) is 23.2 Å². The van der Waals surface area contributed by atoms with Crippen LogP contribution in [0.1, 0.15) is 6.42 Å². The lowest BCUT2D eigenvalue weighted by Crippen LogP contribution is -2.08. The molecule has 0 aliphatic carbocycles. The van der Waals surface area contributed by atoms with Crippen molar-refractivity contribution >= 4 is 40.7 Å². The third kappa shape index (κ3) is 5.04. The van der Waals surface area contributed by atoms with Gasteiger partial charge in [0.1, 0.15) is 5.82 Å². The van der Waals surface area contributed by atoms with Crippen LogP contribution in [0.25, 0.3) is 0 Å². The van der Waals surface area contributed by atoms with E-state index in [1.807, 2.05) is 0 Å². The maximum absolute atomic E-state index is 6.11. The highest BCUT2D eigenvalue weighted by molar-refractivity contribution is 6.35. The number of hydrogen-bond acceptors (Lipinski definition) is 5. The summed E-state index contributed by atoms with van der Waals surface area (Å²) in [6.45, 7) is 1.44. The molecule has 1 aromatic heterocycles. The van der Waals surface area contributed by atoms with Crippen molar-refractivity contribution in [1.29, 1.82) is 0 Å². The van der Waals surface area contributed by atoms with Gasteiger partial charge >= 0.3 is 0 Å². The SMILES string of the molecule is COCCCNc1nccc(Nc2cc(Cl)ccc2Cl)n1. The molecule has 0 saturated carbocycles. The van der Waals surface area contributed by atoms with Crippen LogP contribution in [0.3, 0.4) is 0 Å². The molecular formula is C14H16Cl2N4O. The molecule has 0 unspecified atom stereocenters. The minimum absolute atomic E-state index is 0.550. The lowest BCUT2D eigenvalue weighted by molar-refractivity contribution is 0.197. The van der Waals surface area contributed by atoms with E-state index in [4.69, 9.17) is 27.9 Å². The van der Waals surface area contributed by atoms with Gasteiger partial charge in [-0.25, -0.2) is 4.98 Å². The van der Waals surface area contributed by atoms with Crippen LogP contribution in [-0.4, -0.2) is 30.2 Å². The Bertz CT molecular complexity index is 595. The summed E-state index contributed by atoms with van der Waals surface area (Å²) in [6, 6.07) is 6.98. The zero-order chi connectivity index (χ0) is 15.1. The van der Waals surface area contributed by atoms with Gasteiger partial charge in [-0.15, -0.1) is 0 Å². The highest BCUT2D eigenvalue weighted by Gasteiger charge is 2.04. The number of nitrogens with zero attached hydrogens (tertiary/aromatic N) is 2. The van der Waals surface area contributed by atoms with Crippen molar-refractivity contribution < 1.29 is 4.74 Å². The number of ether oxygens (including phenoxy) is 1. The molecule has 2 N–H and O–H groups in total. The Hall–Kier alpha value is -1.56. The monoisotopic (exact) mass is 326 g/mol. The number of benzene rings is 1. The van der Waals surface area contributed by atoms with Crippen LogP contribution in [0.5, 0.6) is 0 Å². The van der Waals surface area contributed by atoms with Crippen LogP contribution < -0.4 is 10.6 Å². The predicted molar refractivity (Wildman–Crippen MR) is 86.8 cm³/mol.